The van der Waals surface area contributed by atoms with E-state index < -0.39 is 0 Å². The number of rotatable bonds is 1. The molecule has 0 fully saturated rings. The number of hydrogen-bond acceptors (Lipinski definition) is 3. The summed E-state index contributed by atoms with van der Waals surface area (Å²) >= 11 is 0. The van der Waals surface area contributed by atoms with Crippen LogP contribution in [0, 0.1) is 11.3 Å². The van der Waals surface area contributed by atoms with Gasteiger partial charge in [-0.05, 0) is 12.1 Å². The Morgan fingerprint density at radius 1 is 1.42 bits per heavy atom. The standard InChI is InChI=1S/C9H11N3/c1-12(2)8-5-3-4-7(6-10)9(8)11/h3-5H,11H2,1-2H3. The number of benzene rings is 1. The molecule has 2 N–H and O–H groups in total. The van der Waals surface area contributed by atoms with Crippen molar-refractivity contribution in [3.05, 3.63) is 23.8 Å². The zero-order chi connectivity index (χ0) is 9.14. The van der Waals surface area contributed by atoms with E-state index in [1.807, 2.05) is 37.2 Å². The Morgan fingerprint density at radius 3 is 2.58 bits per heavy atom. The minimum absolute atomic E-state index is 0.529. The first-order chi connectivity index (χ1) is 5.66. The maximum Gasteiger partial charge on any atom is 0.101 e. The number of hydrogen-bond donors (Lipinski definition) is 1. The van der Waals surface area contributed by atoms with Crippen LogP contribution in [-0.2, 0) is 0 Å². The van der Waals surface area contributed by atoms with Crippen molar-refractivity contribution in [1.29, 1.82) is 5.26 Å². The van der Waals surface area contributed by atoms with E-state index >= 15 is 0 Å². The molecule has 0 bridgehead atoms. The van der Waals surface area contributed by atoms with E-state index in [4.69, 9.17) is 11.0 Å². The summed E-state index contributed by atoms with van der Waals surface area (Å²) in [6.45, 7) is 0. The molecule has 3 heteroatoms. The van der Waals surface area contributed by atoms with Gasteiger partial charge in [0, 0.05) is 14.1 Å². The molecular formula is C9H11N3. The molecule has 1 aromatic carbocycles. The number of nitrogens with two attached hydrogens (primary N) is 1. The van der Waals surface area contributed by atoms with E-state index in [-0.39, 0.29) is 0 Å². The SMILES string of the molecule is CN(C)c1cccc(C#N)c1N. The van der Waals surface area contributed by atoms with Gasteiger partial charge in [-0.15, -0.1) is 0 Å². The lowest BCUT2D eigenvalue weighted by Gasteiger charge is -2.15. The summed E-state index contributed by atoms with van der Waals surface area (Å²) in [6.07, 6.45) is 0. The van der Waals surface area contributed by atoms with Gasteiger partial charge >= 0.3 is 0 Å². The van der Waals surface area contributed by atoms with Crippen molar-refractivity contribution in [3.63, 3.8) is 0 Å². The highest BCUT2D eigenvalue weighted by atomic mass is 15.1. The maximum atomic E-state index is 8.68. The molecule has 12 heavy (non-hydrogen) atoms. The van der Waals surface area contributed by atoms with Crippen LogP contribution in [0.4, 0.5) is 11.4 Å². The number of nitriles is 1. The van der Waals surface area contributed by atoms with Crippen molar-refractivity contribution < 1.29 is 0 Å². The van der Waals surface area contributed by atoms with Gasteiger partial charge in [0.25, 0.3) is 0 Å². The van der Waals surface area contributed by atoms with Crippen molar-refractivity contribution in [1.82, 2.24) is 0 Å². The molecule has 0 aliphatic carbocycles. The summed E-state index contributed by atoms with van der Waals surface area (Å²) < 4.78 is 0. The molecule has 0 saturated heterocycles. The summed E-state index contributed by atoms with van der Waals surface area (Å²) in [5.41, 5.74) is 7.69. The van der Waals surface area contributed by atoms with Crippen molar-refractivity contribution in [2.75, 3.05) is 24.7 Å². The molecule has 0 atom stereocenters. The fraction of sp³-hybridized carbons (Fsp3) is 0.222. The van der Waals surface area contributed by atoms with Gasteiger partial charge in [-0.3, -0.25) is 0 Å². The zero-order valence-corrected chi connectivity index (χ0v) is 7.20. The van der Waals surface area contributed by atoms with Gasteiger partial charge in [0.15, 0.2) is 0 Å². The van der Waals surface area contributed by atoms with Crippen LogP contribution in [0.2, 0.25) is 0 Å². The van der Waals surface area contributed by atoms with Gasteiger partial charge in [-0.25, -0.2) is 0 Å². The summed E-state index contributed by atoms with van der Waals surface area (Å²) in [5.74, 6) is 0. The molecule has 0 heterocycles. The predicted octanol–water partition coefficient (Wildman–Crippen LogP) is 1.21. The van der Waals surface area contributed by atoms with Crippen LogP contribution in [0.3, 0.4) is 0 Å². The lowest BCUT2D eigenvalue weighted by Crippen LogP contribution is -2.11. The third-order valence-electron chi connectivity index (χ3n) is 1.69. The molecule has 1 rings (SSSR count). The van der Waals surface area contributed by atoms with Gasteiger partial charge in [0.05, 0.1) is 16.9 Å². The lowest BCUT2D eigenvalue weighted by molar-refractivity contribution is 1.13. The van der Waals surface area contributed by atoms with Gasteiger partial charge in [-0.1, -0.05) is 6.07 Å². The van der Waals surface area contributed by atoms with Crippen LogP contribution in [-0.4, -0.2) is 14.1 Å². The van der Waals surface area contributed by atoms with Crippen molar-refractivity contribution in [2.24, 2.45) is 0 Å². The zero-order valence-electron chi connectivity index (χ0n) is 7.20. The molecular weight excluding hydrogens is 150 g/mol. The number of nitrogens with zero attached hydrogens (tertiary/aromatic N) is 2. The summed E-state index contributed by atoms with van der Waals surface area (Å²) in [5, 5.41) is 8.68. The quantitative estimate of drug-likeness (QED) is 0.630. The topological polar surface area (TPSA) is 53.0 Å². The highest BCUT2D eigenvalue weighted by Gasteiger charge is 2.04. The first-order valence-electron chi connectivity index (χ1n) is 3.62. The first-order valence-corrected chi connectivity index (χ1v) is 3.62. The first kappa shape index (κ1) is 8.41. The van der Waals surface area contributed by atoms with E-state index in [0.29, 0.717) is 11.3 Å². The average molecular weight is 161 g/mol. The maximum absolute atomic E-state index is 8.68. The summed E-state index contributed by atoms with van der Waals surface area (Å²) in [7, 11) is 3.79. The molecule has 1 aromatic rings. The van der Waals surface area contributed by atoms with Gasteiger partial charge in [0.2, 0.25) is 0 Å². The number of nitrogen functional groups attached to an aromatic ring is 1. The number of para-hydroxylation sites is 1. The minimum Gasteiger partial charge on any atom is -0.396 e. The van der Waals surface area contributed by atoms with Crippen molar-refractivity contribution in [2.45, 2.75) is 0 Å². The van der Waals surface area contributed by atoms with Crippen LogP contribution in [0.25, 0.3) is 0 Å². The normalized spacial score (nSPS) is 9.08. The highest BCUT2D eigenvalue weighted by Crippen LogP contribution is 2.23. The van der Waals surface area contributed by atoms with Crippen molar-refractivity contribution >= 4 is 11.4 Å². The van der Waals surface area contributed by atoms with E-state index in [0.717, 1.165) is 5.69 Å². The summed E-state index contributed by atoms with van der Waals surface area (Å²) in [4.78, 5) is 1.89. The predicted molar refractivity (Wildman–Crippen MR) is 49.9 cm³/mol. The second-order valence-electron chi connectivity index (χ2n) is 2.74. The lowest BCUT2D eigenvalue weighted by atomic mass is 10.1. The van der Waals surface area contributed by atoms with E-state index in [1.165, 1.54) is 0 Å². The van der Waals surface area contributed by atoms with Crippen LogP contribution in [0.1, 0.15) is 5.56 Å². The molecule has 62 valence electrons. The molecule has 0 saturated carbocycles. The van der Waals surface area contributed by atoms with E-state index in [1.54, 1.807) is 6.07 Å². The Balaban J connectivity index is 3.25. The van der Waals surface area contributed by atoms with Crippen LogP contribution in [0.15, 0.2) is 18.2 Å². The minimum atomic E-state index is 0.529. The molecule has 3 nitrogen and oxygen atoms in total. The second-order valence-corrected chi connectivity index (χ2v) is 2.74. The smallest absolute Gasteiger partial charge is 0.101 e. The monoisotopic (exact) mass is 161 g/mol. The number of anilines is 2. The Labute approximate surface area is 72.0 Å². The van der Waals surface area contributed by atoms with Crippen LogP contribution in [0.5, 0.6) is 0 Å². The molecule has 0 unspecified atom stereocenters. The molecule has 0 radical (unpaired) electrons. The van der Waals surface area contributed by atoms with Gasteiger partial charge in [-0.2, -0.15) is 5.26 Å². The molecule has 0 aliphatic heterocycles. The molecule has 0 aromatic heterocycles. The Hall–Kier alpha value is -1.69. The van der Waals surface area contributed by atoms with Crippen molar-refractivity contribution in [3.8, 4) is 6.07 Å². The Morgan fingerprint density at radius 2 is 2.08 bits per heavy atom. The van der Waals surface area contributed by atoms with Gasteiger partial charge in [0.1, 0.15) is 6.07 Å². The fourth-order valence-electron chi connectivity index (χ4n) is 1.04. The van der Waals surface area contributed by atoms with Gasteiger partial charge < -0.3 is 10.6 Å². The highest BCUT2D eigenvalue weighted by molar-refractivity contribution is 5.73. The largest absolute Gasteiger partial charge is 0.396 e. The molecule has 0 aliphatic rings. The fourth-order valence-corrected chi connectivity index (χ4v) is 1.04. The molecule has 0 amide bonds. The van der Waals surface area contributed by atoms with Crippen LogP contribution >= 0.6 is 0 Å². The van der Waals surface area contributed by atoms with E-state index in [2.05, 4.69) is 0 Å². The third-order valence-corrected chi connectivity index (χ3v) is 1.69. The second kappa shape index (κ2) is 3.14. The van der Waals surface area contributed by atoms with Crippen LogP contribution < -0.4 is 10.6 Å². The molecule has 0 spiro atoms. The Bertz CT molecular complexity index is 323. The Kier molecular flexibility index (Phi) is 2.20. The average Bonchev–Trinajstić information content (AvgIpc) is 2.04. The third kappa shape index (κ3) is 1.32. The van der Waals surface area contributed by atoms with E-state index in [9.17, 15) is 0 Å². The summed E-state index contributed by atoms with van der Waals surface area (Å²) in [6, 6.07) is 7.46.